The molecular weight excluding hydrogens is 198 g/mol. The van der Waals surface area contributed by atoms with E-state index in [1.54, 1.807) is 7.11 Å². The van der Waals surface area contributed by atoms with Crippen molar-refractivity contribution in [2.75, 3.05) is 7.11 Å². The van der Waals surface area contributed by atoms with E-state index in [1.165, 1.54) is 11.1 Å². The van der Waals surface area contributed by atoms with Crippen LogP contribution < -0.4 is 0 Å². The van der Waals surface area contributed by atoms with Crippen LogP contribution in [0.4, 0.5) is 0 Å². The van der Waals surface area contributed by atoms with Gasteiger partial charge in [0, 0.05) is 5.92 Å². The van der Waals surface area contributed by atoms with Crippen LogP contribution in [-0.2, 0) is 4.84 Å². The number of allylic oxidation sites excluding steroid dienone is 2. The van der Waals surface area contributed by atoms with E-state index in [0.29, 0.717) is 17.8 Å². The van der Waals surface area contributed by atoms with Gasteiger partial charge in [-0.3, -0.25) is 0 Å². The first-order valence-corrected chi connectivity index (χ1v) is 5.88. The van der Waals surface area contributed by atoms with E-state index in [2.05, 4.69) is 39.1 Å². The highest BCUT2D eigenvalue weighted by atomic mass is 16.6. The second kappa shape index (κ2) is 5.33. The van der Waals surface area contributed by atoms with Crippen LogP contribution in [0.5, 0.6) is 0 Å². The van der Waals surface area contributed by atoms with Crippen LogP contribution in [0, 0.1) is 17.8 Å². The van der Waals surface area contributed by atoms with Gasteiger partial charge in [0.25, 0.3) is 0 Å². The first-order chi connectivity index (χ1) is 7.47. The zero-order chi connectivity index (χ0) is 12.3. The molecule has 16 heavy (non-hydrogen) atoms. The van der Waals surface area contributed by atoms with E-state index in [4.69, 9.17) is 4.84 Å². The van der Waals surface area contributed by atoms with Crippen molar-refractivity contribution < 1.29 is 4.84 Å². The van der Waals surface area contributed by atoms with Gasteiger partial charge in [0.1, 0.15) is 7.11 Å². The second-order valence-electron chi connectivity index (χ2n) is 4.99. The smallest absolute Gasteiger partial charge is 0.106 e. The van der Waals surface area contributed by atoms with Crippen LogP contribution in [0.15, 0.2) is 29.5 Å². The lowest BCUT2D eigenvalue weighted by Gasteiger charge is -2.35. The number of hydrogen-bond acceptors (Lipinski definition) is 2. The third-order valence-corrected chi connectivity index (χ3v) is 3.66. The summed E-state index contributed by atoms with van der Waals surface area (Å²) in [5, 5.41) is 4.16. The van der Waals surface area contributed by atoms with Gasteiger partial charge in [0.05, 0.1) is 5.71 Å². The highest BCUT2D eigenvalue weighted by Gasteiger charge is 2.33. The van der Waals surface area contributed by atoms with Gasteiger partial charge >= 0.3 is 0 Å². The number of oxime groups is 1. The topological polar surface area (TPSA) is 21.6 Å². The minimum Gasteiger partial charge on any atom is -0.399 e. The molecule has 0 bridgehead atoms. The van der Waals surface area contributed by atoms with Crippen molar-refractivity contribution >= 4 is 5.71 Å². The van der Waals surface area contributed by atoms with Gasteiger partial charge in [0.15, 0.2) is 0 Å². The van der Waals surface area contributed by atoms with Crippen molar-refractivity contribution in [1.82, 2.24) is 0 Å². The number of nitrogens with zero attached hydrogens (tertiary/aromatic N) is 1. The molecule has 1 aliphatic carbocycles. The molecule has 1 fully saturated rings. The Bertz CT molecular complexity index is 317. The average molecular weight is 221 g/mol. The fourth-order valence-electron chi connectivity index (χ4n) is 2.51. The number of hydrogen-bond donors (Lipinski definition) is 0. The predicted molar refractivity (Wildman–Crippen MR) is 69.5 cm³/mol. The third-order valence-electron chi connectivity index (χ3n) is 3.66. The number of rotatable bonds is 3. The molecule has 0 aromatic carbocycles. The molecule has 0 amide bonds. The summed E-state index contributed by atoms with van der Waals surface area (Å²) in [4.78, 5) is 4.94. The molecule has 0 spiro atoms. The quantitative estimate of drug-likeness (QED) is 0.524. The molecule has 1 aliphatic rings. The Hall–Kier alpha value is -1.05. The van der Waals surface area contributed by atoms with E-state index in [-0.39, 0.29) is 0 Å². The molecule has 1 unspecified atom stereocenters. The minimum absolute atomic E-state index is 0.438. The van der Waals surface area contributed by atoms with Crippen molar-refractivity contribution in [1.29, 1.82) is 0 Å². The molecule has 0 radical (unpaired) electrons. The Morgan fingerprint density at radius 3 is 2.38 bits per heavy atom. The van der Waals surface area contributed by atoms with Crippen molar-refractivity contribution in [2.24, 2.45) is 22.9 Å². The summed E-state index contributed by atoms with van der Waals surface area (Å²) >= 11 is 0. The highest BCUT2D eigenvalue weighted by molar-refractivity contribution is 5.88. The molecule has 0 N–H and O–H groups in total. The van der Waals surface area contributed by atoms with Gasteiger partial charge in [-0.25, -0.2) is 0 Å². The van der Waals surface area contributed by atoms with Crippen LogP contribution >= 0.6 is 0 Å². The predicted octanol–water partition coefficient (Wildman–Crippen LogP) is 3.80. The molecule has 0 aliphatic heterocycles. The summed E-state index contributed by atoms with van der Waals surface area (Å²) in [5.41, 5.74) is 3.62. The van der Waals surface area contributed by atoms with Gasteiger partial charge in [-0.05, 0) is 38.5 Å². The standard InChI is InChI=1S/C14H23NO/c1-9(2)12-7-13(10(3)4)11(5)14(8-12)15-16-6/h11-13H,1,3,7-8H2,2,4-6H3/b15-14+/t11?,12-,13+/m0/s1. The summed E-state index contributed by atoms with van der Waals surface area (Å²) in [6, 6.07) is 0. The maximum absolute atomic E-state index is 4.94. The van der Waals surface area contributed by atoms with E-state index >= 15 is 0 Å². The lowest BCUT2D eigenvalue weighted by atomic mass is 9.69. The van der Waals surface area contributed by atoms with Crippen LogP contribution in [0.2, 0.25) is 0 Å². The van der Waals surface area contributed by atoms with Gasteiger partial charge in [-0.15, -0.1) is 0 Å². The molecular formula is C14H23NO. The monoisotopic (exact) mass is 221 g/mol. The maximum Gasteiger partial charge on any atom is 0.106 e. The fourth-order valence-corrected chi connectivity index (χ4v) is 2.51. The molecule has 1 saturated carbocycles. The van der Waals surface area contributed by atoms with Crippen molar-refractivity contribution in [3.8, 4) is 0 Å². The van der Waals surface area contributed by atoms with Crippen LogP contribution in [0.25, 0.3) is 0 Å². The van der Waals surface area contributed by atoms with Crippen molar-refractivity contribution in [3.63, 3.8) is 0 Å². The third kappa shape index (κ3) is 2.75. The summed E-state index contributed by atoms with van der Waals surface area (Å²) in [5.74, 6) is 1.46. The summed E-state index contributed by atoms with van der Waals surface area (Å²) in [6.45, 7) is 14.6. The van der Waals surface area contributed by atoms with Crippen molar-refractivity contribution in [2.45, 2.75) is 33.6 Å². The molecule has 0 aromatic rings. The Labute approximate surface area is 99.1 Å². The minimum atomic E-state index is 0.438. The van der Waals surface area contributed by atoms with Gasteiger partial charge in [-0.2, -0.15) is 0 Å². The molecule has 0 aromatic heterocycles. The van der Waals surface area contributed by atoms with Gasteiger partial charge in [-0.1, -0.05) is 36.4 Å². The Morgan fingerprint density at radius 1 is 1.31 bits per heavy atom. The molecule has 1 rings (SSSR count). The molecule has 2 heteroatoms. The normalized spacial score (nSPS) is 32.5. The van der Waals surface area contributed by atoms with E-state index in [1.807, 2.05) is 0 Å². The fraction of sp³-hybridized carbons (Fsp3) is 0.643. The van der Waals surface area contributed by atoms with E-state index in [9.17, 15) is 0 Å². The molecule has 2 nitrogen and oxygen atoms in total. The van der Waals surface area contributed by atoms with Crippen molar-refractivity contribution in [3.05, 3.63) is 24.3 Å². The van der Waals surface area contributed by atoms with Gasteiger partial charge in [0.2, 0.25) is 0 Å². The highest BCUT2D eigenvalue weighted by Crippen LogP contribution is 2.38. The zero-order valence-corrected chi connectivity index (χ0v) is 10.9. The Balaban J connectivity index is 2.92. The SMILES string of the molecule is C=C(C)[C@@H]1C/C(=N\OC)C(C)[C@@H](C(=C)C)C1. The van der Waals surface area contributed by atoms with Gasteiger partial charge < -0.3 is 4.84 Å². The zero-order valence-electron chi connectivity index (χ0n) is 10.9. The Morgan fingerprint density at radius 2 is 1.94 bits per heavy atom. The van der Waals surface area contributed by atoms with Crippen LogP contribution in [0.3, 0.4) is 0 Å². The lowest BCUT2D eigenvalue weighted by Crippen LogP contribution is -2.32. The second-order valence-corrected chi connectivity index (χ2v) is 4.99. The molecule has 3 atom stereocenters. The summed E-state index contributed by atoms with van der Waals surface area (Å²) < 4.78 is 0. The first kappa shape index (κ1) is 13.0. The van der Waals surface area contributed by atoms with E-state index in [0.717, 1.165) is 18.6 Å². The van der Waals surface area contributed by atoms with Crippen LogP contribution in [0.1, 0.15) is 33.6 Å². The first-order valence-electron chi connectivity index (χ1n) is 5.88. The van der Waals surface area contributed by atoms with E-state index < -0.39 is 0 Å². The average Bonchev–Trinajstić information content (AvgIpc) is 2.20. The molecule has 0 saturated heterocycles. The summed E-state index contributed by atoms with van der Waals surface area (Å²) in [6.07, 6.45) is 2.13. The largest absolute Gasteiger partial charge is 0.399 e. The maximum atomic E-state index is 4.94. The van der Waals surface area contributed by atoms with Crippen LogP contribution in [-0.4, -0.2) is 12.8 Å². The molecule has 0 heterocycles. The lowest BCUT2D eigenvalue weighted by molar-refractivity contribution is 0.204. The Kier molecular flexibility index (Phi) is 4.34. The summed E-state index contributed by atoms with van der Waals surface area (Å²) in [7, 11) is 1.61. The molecule has 90 valence electrons.